The predicted molar refractivity (Wildman–Crippen MR) is 103 cm³/mol. The van der Waals surface area contributed by atoms with Crippen molar-refractivity contribution in [1.29, 1.82) is 0 Å². The highest BCUT2D eigenvalue weighted by molar-refractivity contribution is 5.85. The summed E-state index contributed by atoms with van der Waals surface area (Å²) < 4.78 is 0. The van der Waals surface area contributed by atoms with Gasteiger partial charge in [0.25, 0.3) is 0 Å². The first-order chi connectivity index (χ1) is 11.3. The third kappa shape index (κ3) is 7.62. The second kappa shape index (κ2) is 11.7. The van der Waals surface area contributed by atoms with Crippen molar-refractivity contribution >= 4 is 18.3 Å². The molecule has 0 unspecified atom stereocenters. The summed E-state index contributed by atoms with van der Waals surface area (Å²) in [5.41, 5.74) is 2.58. The molecule has 2 aromatic rings. The zero-order chi connectivity index (χ0) is 16.3. The first-order valence-corrected chi connectivity index (χ1v) is 8.27. The monoisotopic (exact) mass is 346 g/mol. The van der Waals surface area contributed by atoms with Gasteiger partial charge in [-0.15, -0.1) is 12.4 Å². The number of carbonyl (C=O) groups excluding carboxylic acids is 1. The van der Waals surface area contributed by atoms with Crippen molar-refractivity contribution in [3.63, 3.8) is 0 Å². The summed E-state index contributed by atoms with van der Waals surface area (Å²) in [6, 6.07) is 20.8. The first kappa shape index (κ1) is 20.2. The zero-order valence-electron chi connectivity index (χ0n) is 14.2. The van der Waals surface area contributed by atoms with E-state index in [1.807, 2.05) is 19.2 Å². The Kier molecular flexibility index (Phi) is 9.81. The highest BCUT2D eigenvalue weighted by atomic mass is 35.5. The Morgan fingerprint density at radius 3 is 1.83 bits per heavy atom. The van der Waals surface area contributed by atoms with Gasteiger partial charge in [0, 0.05) is 19.5 Å². The molecule has 130 valence electrons. The van der Waals surface area contributed by atoms with Gasteiger partial charge in [-0.3, -0.25) is 4.79 Å². The molecule has 0 heterocycles. The average molecular weight is 347 g/mol. The van der Waals surface area contributed by atoms with Crippen LogP contribution >= 0.6 is 12.4 Å². The molecule has 2 rings (SSSR count). The summed E-state index contributed by atoms with van der Waals surface area (Å²) in [5, 5.41) is 6.03. The van der Waals surface area contributed by atoms with E-state index in [2.05, 4.69) is 59.2 Å². The molecule has 0 aromatic heterocycles. The zero-order valence-corrected chi connectivity index (χ0v) is 15.0. The molecule has 4 heteroatoms. The molecule has 0 spiro atoms. The minimum absolute atomic E-state index is 0. The van der Waals surface area contributed by atoms with Gasteiger partial charge in [-0.25, -0.2) is 0 Å². The lowest BCUT2D eigenvalue weighted by Gasteiger charge is -2.17. The van der Waals surface area contributed by atoms with Crippen molar-refractivity contribution in [2.45, 2.75) is 19.3 Å². The standard InChI is InChI=1S/C20H26N2O.ClH/c1-21-12-13-22-20(23)16-19(14-17-8-4-2-5-9-17)15-18-10-6-3-7-11-18;/h2-11,19,21H,12-16H2,1H3,(H,22,23);1H. The number of nitrogens with one attached hydrogen (secondary N) is 2. The van der Waals surface area contributed by atoms with Crippen LogP contribution in [0.25, 0.3) is 0 Å². The van der Waals surface area contributed by atoms with Crippen molar-refractivity contribution in [3.8, 4) is 0 Å². The van der Waals surface area contributed by atoms with E-state index in [1.54, 1.807) is 0 Å². The molecule has 0 radical (unpaired) electrons. The van der Waals surface area contributed by atoms with Gasteiger partial charge in [0.2, 0.25) is 5.91 Å². The van der Waals surface area contributed by atoms with Crippen LogP contribution < -0.4 is 10.6 Å². The van der Waals surface area contributed by atoms with E-state index in [0.29, 0.717) is 18.9 Å². The number of hydrogen-bond donors (Lipinski definition) is 2. The number of carbonyl (C=O) groups is 1. The number of benzene rings is 2. The van der Waals surface area contributed by atoms with Crippen LogP contribution in [0, 0.1) is 5.92 Å². The molecule has 0 atom stereocenters. The van der Waals surface area contributed by atoms with E-state index in [0.717, 1.165) is 19.4 Å². The van der Waals surface area contributed by atoms with Gasteiger partial charge < -0.3 is 10.6 Å². The molecule has 0 aliphatic rings. The number of halogens is 1. The van der Waals surface area contributed by atoms with Crippen molar-refractivity contribution in [2.75, 3.05) is 20.1 Å². The first-order valence-electron chi connectivity index (χ1n) is 8.27. The van der Waals surface area contributed by atoms with E-state index in [4.69, 9.17) is 0 Å². The highest BCUT2D eigenvalue weighted by Gasteiger charge is 2.15. The second-order valence-corrected chi connectivity index (χ2v) is 5.90. The molecule has 1 amide bonds. The van der Waals surface area contributed by atoms with Crippen molar-refractivity contribution in [3.05, 3.63) is 71.8 Å². The number of hydrogen-bond acceptors (Lipinski definition) is 2. The Morgan fingerprint density at radius 1 is 0.875 bits per heavy atom. The summed E-state index contributed by atoms with van der Waals surface area (Å²) in [6.45, 7) is 1.48. The Balaban J connectivity index is 0.00000288. The maximum absolute atomic E-state index is 12.2. The van der Waals surface area contributed by atoms with Crippen LogP contribution in [0.4, 0.5) is 0 Å². The van der Waals surface area contributed by atoms with Gasteiger partial charge >= 0.3 is 0 Å². The van der Waals surface area contributed by atoms with Crippen LogP contribution in [0.5, 0.6) is 0 Å². The van der Waals surface area contributed by atoms with Gasteiger partial charge in [0.05, 0.1) is 0 Å². The lowest BCUT2D eigenvalue weighted by atomic mass is 9.89. The lowest BCUT2D eigenvalue weighted by Crippen LogP contribution is -2.32. The minimum Gasteiger partial charge on any atom is -0.355 e. The maximum atomic E-state index is 12.2. The van der Waals surface area contributed by atoms with Gasteiger partial charge in [-0.05, 0) is 36.9 Å². The molecule has 0 bridgehead atoms. The highest BCUT2D eigenvalue weighted by Crippen LogP contribution is 2.18. The van der Waals surface area contributed by atoms with Crippen LogP contribution in [-0.2, 0) is 17.6 Å². The smallest absolute Gasteiger partial charge is 0.220 e. The van der Waals surface area contributed by atoms with Gasteiger partial charge in [0.15, 0.2) is 0 Å². The Bertz CT molecular complexity index is 533. The fourth-order valence-corrected chi connectivity index (χ4v) is 2.77. The largest absolute Gasteiger partial charge is 0.355 e. The quantitative estimate of drug-likeness (QED) is 0.684. The summed E-state index contributed by atoms with van der Waals surface area (Å²) in [6.07, 6.45) is 2.41. The Labute approximate surface area is 151 Å². The Morgan fingerprint density at radius 2 is 1.38 bits per heavy atom. The SMILES string of the molecule is CNCCNC(=O)CC(Cc1ccccc1)Cc1ccccc1.Cl. The number of likely N-dealkylation sites (N-methyl/N-ethyl adjacent to an activating group) is 1. The van der Waals surface area contributed by atoms with Crippen LogP contribution in [-0.4, -0.2) is 26.0 Å². The molecule has 2 N–H and O–H groups in total. The predicted octanol–water partition coefficient (Wildman–Crippen LogP) is 3.24. The molecule has 0 fully saturated rings. The van der Waals surface area contributed by atoms with E-state index in [-0.39, 0.29) is 18.3 Å². The van der Waals surface area contributed by atoms with E-state index in [1.165, 1.54) is 11.1 Å². The summed E-state index contributed by atoms with van der Waals surface area (Å²) >= 11 is 0. The maximum Gasteiger partial charge on any atom is 0.220 e. The molecule has 24 heavy (non-hydrogen) atoms. The van der Waals surface area contributed by atoms with Crippen LogP contribution in [0.3, 0.4) is 0 Å². The molecule has 0 aliphatic heterocycles. The summed E-state index contributed by atoms with van der Waals surface area (Å²) in [7, 11) is 1.89. The van der Waals surface area contributed by atoms with E-state index in [9.17, 15) is 4.79 Å². The molecule has 0 saturated carbocycles. The lowest BCUT2D eigenvalue weighted by molar-refractivity contribution is -0.121. The van der Waals surface area contributed by atoms with Gasteiger partial charge in [0.1, 0.15) is 0 Å². The fraction of sp³-hybridized carbons (Fsp3) is 0.350. The van der Waals surface area contributed by atoms with E-state index < -0.39 is 0 Å². The summed E-state index contributed by atoms with van der Waals surface area (Å²) in [5.74, 6) is 0.450. The molecule has 2 aromatic carbocycles. The topological polar surface area (TPSA) is 41.1 Å². The normalized spacial score (nSPS) is 10.2. The fourth-order valence-electron chi connectivity index (χ4n) is 2.77. The van der Waals surface area contributed by atoms with Crippen LogP contribution in [0.15, 0.2) is 60.7 Å². The molecule has 3 nitrogen and oxygen atoms in total. The second-order valence-electron chi connectivity index (χ2n) is 5.90. The van der Waals surface area contributed by atoms with Crippen LogP contribution in [0.1, 0.15) is 17.5 Å². The molecular formula is C20H27ClN2O. The van der Waals surface area contributed by atoms with E-state index >= 15 is 0 Å². The minimum atomic E-state index is 0. The Hall–Kier alpha value is -1.84. The third-order valence-corrected chi connectivity index (χ3v) is 3.91. The third-order valence-electron chi connectivity index (χ3n) is 3.91. The number of amides is 1. The van der Waals surface area contributed by atoms with Crippen molar-refractivity contribution < 1.29 is 4.79 Å². The average Bonchev–Trinajstić information content (AvgIpc) is 2.57. The molecule has 0 aliphatic carbocycles. The van der Waals surface area contributed by atoms with Gasteiger partial charge in [-0.2, -0.15) is 0 Å². The van der Waals surface area contributed by atoms with Gasteiger partial charge in [-0.1, -0.05) is 60.7 Å². The van der Waals surface area contributed by atoms with Crippen molar-refractivity contribution in [2.24, 2.45) is 5.92 Å². The molecular weight excluding hydrogens is 320 g/mol. The number of rotatable bonds is 9. The van der Waals surface area contributed by atoms with Crippen molar-refractivity contribution in [1.82, 2.24) is 10.6 Å². The molecule has 0 saturated heterocycles. The van der Waals surface area contributed by atoms with Crippen LogP contribution in [0.2, 0.25) is 0 Å². The summed E-state index contributed by atoms with van der Waals surface area (Å²) in [4.78, 5) is 12.2.